The Labute approximate surface area is 223 Å². The molecule has 2 saturated heterocycles. The molecule has 13 heteroatoms. The number of hydrogen-bond donors (Lipinski definition) is 2. The van der Waals surface area contributed by atoms with E-state index in [1.54, 1.807) is 0 Å². The van der Waals surface area contributed by atoms with Crippen molar-refractivity contribution in [2.75, 3.05) is 26.3 Å². The van der Waals surface area contributed by atoms with Crippen molar-refractivity contribution >= 4 is 14.4 Å². The highest BCUT2D eigenvalue weighted by Crippen LogP contribution is 2.55. The standard InChI is InChI=1S/C25H36N5O7P/c1-8-25-15-34-20(21(25)37-38(35-13-12-26-7)30(16(2)3)17(4)5)23(36-25)29-14-19(22(32)28-24(29)33)10-9-11-27-18(6)31/h14,16-17,20-21,23H,8,11-13,15H2,1-6H3,(H,27,31)(H,28,32,33)/t20-,21?,23-,25-,38?/m1/s1. The number of fused-ring (bicyclic) bond motifs is 2. The Morgan fingerprint density at radius 1 is 1.39 bits per heavy atom. The highest BCUT2D eigenvalue weighted by atomic mass is 31.2. The second-order valence-electron chi connectivity index (χ2n) is 9.67. The van der Waals surface area contributed by atoms with Gasteiger partial charge in [-0.15, -0.1) is 0 Å². The van der Waals surface area contributed by atoms with Gasteiger partial charge < -0.3 is 28.7 Å². The fraction of sp³-hybridized carbons (Fsp3) is 0.680. The van der Waals surface area contributed by atoms with Crippen LogP contribution < -0.4 is 16.6 Å². The van der Waals surface area contributed by atoms with Gasteiger partial charge in [-0.25, -0.2) is 16.0 Å². The highest BCUT2D eigenvalue weighted by Gasteiger charge is 2.63. The van der Waals surface area contributed by atoms with Gasteiger partial charge in [-0.2, -0.15) is 0 Å². The van der Waals surface area contributed by atoms with E-state index >= 15 is 0 Å². The lowest BCUT2D eigenvalue weighted by molar-refractivity contribution is -0.175. The van der Waals surface area contributed by atoms with Crippen LogP contribution in [-0.2, 0) is 23.3 Å². The molecule has 0 saturated carbocycles. The number of ether oxygens (including phenoxy) is 2. The van der Waals surface area contributed by atoms with Crippen LogP contribution in [0.2, 0.25) is 0 Å². The Balaban J connectivity index is 1.93. The number of H-pyrrole nitrogens is 1. The lowest BCUT2D eigenvalue weighted by atomic mass is 9.96. The van der Waals surface area contributed by atoms with Gasteiger partial charge in [0.2, 0.25) is 12.5 Å². The number of nitrogens with zero attached hydrogens (tertiary/aromatic N) is 3. The number of carbonyl (C=O) groups excluding carboxylic acids is 1. The molecule has 1 aromatic heterocycles. The van der Waals surface area contributed by atoms with Crippen LogP contribution in [0.3, 0.4) is 0 Å². The lowest BCUT2D eigenvalue weighted by Gasteiger charge is -2.38. The van der Waals surface area contributed by atoms with Crippen LogP contribution in [0.25, 0.3) is 4.85 Å². The van der Waals surface area contributed by atoms with Crippen LogP contribution in [0.4, 0.5) is 0 Å². The molecular weight excluding hydrogens is 513 g/mol. The van der Waals surface area contributed by atoms with Gasteiger partial charge in [0.1, 0.15) is 30.0 Å². The van der Waals surface area contributed by atoms with Gasteiger partial charge in [0.25, 0.3) is 14.1 Å². The molecule has 0 aromatic carbocycles. The molecule has 5 atom stereocenters. The van der Waals surface area contributed by atoms with E-state index in [0.29, 0.717) is 6.42 Å². The highest BCUT2D eigenvalue weighted by molar-refractivity contribution is 7.44. The van der Waals surface area contributed by atoms with E-state index in [2.05, 4.69) is 59.4 Å². The normalized spacial score (nSPS) is 24.9. The molecule has 0 aliphatic carbocycles. The molecular formula is C25H36N5O7P. The molecule has 1 aromatic rings. The SMILES string of the molecule is [C-]#[N+]CCOP(OC1[C@H]2OC[C@@]1(CC)O[C@H]2n1cc(C#CCNC(C)=O)c(=O)[nH]c1=O)N(C(C)C)C(C)C. The maximum atomic E-state index is 12.8. The molecule has 12 nitrogen and oxygen atoms in total. The molecule has 38 heavy (non-hydrogen) atoms. The van der Waals surface area contributed by atoms with Crippen molar-refractivity contribution in [2.24, 2.45) is 0 Å². The third-order valence-electron chi connectivity index (χ3n) is 6.32. The lowest BCUT2D eigenvalue weighted by Crippen LogP contribution is -2.43. The molecule has 208 valence electrons. The fourth-order valence-electron chi connectivity index (χ4n) is 4.56. The maximum absolute atomic E-state index is 12.8. The fourth-order valence-corrected chi connectivity index (χ4v) is 6.36. The number of nitrogens with one attached hydrogen (secondary N) is 2. The first-order valence-corrected chi connectivity index (χ1v) is 13.8. The molecule has 2 aliphatic heterocycles. The van der Waals surface area contributed by atoms with Gasteiger partial charge >= 0.3 is 5.69 Å². The minimum absolute atomic E-state index is 0.0554. The average Bonchev–Trinajstić information content (AvgIpc) is 3.34. The van der Waals surface area contributed by atoms with Gasteiger partial charge in [0.05, 0.1) is 13.2 Å². The second kappa shape index (κ2) is 13.0. The van der Waals surface area contributed by atoms with Crippen LogP contribution in [0, 0.1) is 18.4 Å². The Kier molecular flexibility index (Phi) is 10.2. The summed E-state index contributed by atoms with van der Waals surface area (Å²) in [6.45, 7) is 19.4. The third-order valence-corrected chi connectivity index (χ3v) is 8.43. The molecule has 3 rings (SSSR count). The predicted octanol–water partition coefficient (Wildman–Crippen LogP) is 1.77. The molecule has 0 spiro atoms. The van der Waals surface area contributed by atoms with Crippen LogP contribution in [0.5, 0.6) is 0 Å². The Bertz CT molecular complexity index is 1210. The smallest absolute Gasteiger partial charge is 0.330 e. The summed E-state index contributed by atoms with van der Waals surface area (Å²) in [4.78, 5) is 41.9. The average molecular weight is 550 g/mol. The van der Waals surface area contributed by atoms with Crippen LogP contribution in [-0.4, -0.2) is 76.3 Å². The molecule has 0 radical (unpaired) electrons. The number of aromatic nitrogens is 2. The summed E-state index contributed by atoms with van der Waals surface area (Å²) in [6, 6.07) is 0.229. The first-order chi connectivity index (χ1) is 18.0. The van der Waals surface area contributed by atoms with Crippen molar-refractivity contribution in [1.82, 2.24) is 19.5 Å². The monoisotopic (exact) mass is 549 g/mol. The molecule has 2 N–H and O–H groups in total. The zero-order chi connectivity index (χ0) is 28.0. The summed E-state index contributed by atoms with van der Waals surface area (Å²) in [5, 5.41) is 2.53. The zero-order valence-corrected chi connectivity index (χ0v) is 23.5. The minimum Gasteiger partial charge on any atom is -0.368 e. The zero-order valence-electron chi connectivity index (χ0n) is 22.6. The minimum atomic E-state index is -1.57. The van der Waals surface area contributed by atoms with Crippen molar-refractivity contribution < 1.29 is 23.3 Å². The molecule has 3 heterocycles. The third kappa shape index (κ3) is 6.52. The number of rotatable bonds is 11. The van der Waals surface area contributed by atoms with Crippen molar-refractivity contribution in [2.45, 2.75) is 84.1 Å². The first-order valence-electron chi connectivity index (χ1n) is 12.6. The summed E-state index contributed by atoms with van der Waals surface area (Å²) in [5.74, 6) is 5.15. The number of amides is 1. The van der Waals surface area contributed by atoms with E-state index in [1.165, 1.54) is 17.7 Å². The van der Waals surface area contributed by atoms with E-state index in [4.69, 9.17) is 25.1 Å². The topological polar surface area (TPSA) is 128 Å². The molecule has 2 bridgehead atoms. The van der Waals surface area contributed by atoms with E-state index in [9.17, 15) is 14.4 Å². The number of carbonyl (C=O) groups is 1. The van der Waals surface area contributed by atoms with Crippen molar-refractivity contribution in [3.8, 4) is 11.8 Å². The van der Waals surface area contributed by atoms with E-state index < -0.39 is 43.8 Å². The van der Waals surface area contributed by atoms with Crippen molar-refractivity contribution in [3.63, 3.8) is 0 Å². The summed E-state index contributed by atoms with van der Waals surface area (Å²) in [7, 11) is -1.57. The Morgan fingerprint density at radius 2 is 2.11 bits per heavy atom. The summed E-state index contributed by atoms with van der Waals surface area (Å²) < 4.78 is 28.7. The first kappa shape index (κ1) is 30.0. The van der Waals surface area contributed by atoms with Crippen LogP contribution in [0.15, 0.2) is 15.8 Å². The Hall–Kier alpha value is -2.57. The largest absolute Gasteiger partial charge is 0.368 e. The second-order valence-corrected chi connectivity index (χ2v) is 11.1. The van der Waals surface area contributed by atoms with Crippen molar-refractivity contribution in [1.29, 1.82) is 0 Å². The number of aromatic amines is 1. The quantitative estimate of drug-likeness (QED) is 0.185. The van der Waals surface area contributed by atoms with Gasteiger partial charge in [0, 0.05) is 25.2 Å². The van der Waals surface area contributed by atoms with Gasteiger partial charge in [-0.05, 0) is 34.1 Å². The van der Waals surface area contributed by atoms with E-state index in [-0.39, 0.29) is 49.9 Å². The summed E-state index contributed by atoms with van der Waals surface area (Å²) in [5.41, 5.74) is -2.06. The van der Waals surface area contributed by atoms with Gasteiger partial charge in [0.15, 0.2) is 6.23 Å². The van der Waals surface area contributed by atoms with Crippen LogP contribution >= 0.6 is 8.53 Å². The van der Waals surface area contributed by atoms with Gasteiger partial charge in [-0.1, -0.05) is 18.8 Å². The molecule has 2 unspecified atom stereocenters. The summed E-state index contributed by atoms with van der Waals surface area (Å²) >= 11 is 0. The predicted molar refractivity (Wildman–Crippen MR) is 141 cm³/mol. The van der Waals surface area contributed by atoms with Crippen LogP contribution in [0.1, 0.15) is 59.8 Å². The molecule has 2 aliphatic rings. The van der Waals surface area contributed by atoms with Crippen molar-refractivity contribution in [3.05, 3.63) is 44.0 Å². The molecule has 2 fully saturated rings. The molecule has 1 amide bonds. The maximum Gasteiger partial charge on any atom is 0.330 e. The summed E-state index contributed by atoms with van der Waals surface area (Å²) in [6.07, 6.45) is -0.152. The number of hydrogen-bond acceptors (Lipinski definition) is 8. The van der Waals surface area contributed by atoms with E-state index in [1.807, 2.05) is 6.92 Å². The van der Waals surface area contributed by atoms with Gasteiger partial charge in [-0.3, -0.25) is 19.1 Å². The van der Waals surface area contributed by atoms with E-state index in [0.717, 1.165) is 0 Å². The Morgan fingerprint density at radius 3 is 2.71 bits per heavy atom.